The van der Waals surface area contributed by atoms with Crippen LogP contribution in [0.4, 0.5) is 10.5 Å². The van der Waals surface area contributed by atoms with Gasteiger partial charge in [-0.25, -0.2) is 4.79 Å². The maximum absolute atomic E-state index is 13.0. The van der Waals surface area contributed by atoms with E-state index in [0.29, 0.717) is 22.7 Å². The normalized spacial score (nSPS) is 19.4. The van der Waals surface area contributed by atoms with Crippen LogP contribution in [0.5, 0.6) is 0 Å². The van der Waals surface area contributed by atoms with Gasteiger partial charge in [-0.15, -0.1) is 0 Å². The van der Waals surface area contributed by atoms with Crippen molar-refractivity contribution in [3.8, 4) is 0 Å². The molecule has 1 fully saturated rings. The summed E-state index contributed by atoms with van der Waals surface area (Å²) in [5, 5.41) is 5.87. The number of rotatable bonds is 5. The molecular formula is C19H18ClN3O3. The van der Waals surface area contributed by atoms with Gasteiger partial charge in [0.2, 0.25) is 5.91 Å². The van der Waals surface area contributed by atoms with Crippen molar-refractivity contribution in [1.82, 2.24) is 10.2 Å². The van der Waals surface area contributed by atoms with Gasteiger partial charge in [-0.2, -0.15) is 0 Å². The van der Waals surface area contributed by atoms with Crippen LogP contribution in [0.2, 0.25) is 5.02 Å². The molecule has 2 aromatic carbocycles. The molecule has 2 aromatic rings. The Labute approximate surface area is 156 Å². The van der Waals surface area contributed by atoms with Crippen molar-refractivity contribution >= 4 is 35.1 Å². The maximum atomic E-state index is 13.0. The predicted octanol–water partition coefficient (Wildman–Crippen LogP) is 3.14. The SMILES string of the molecule is CCC1(c2ccccc2)NC(=O)N(CC(=O)Nc2cccc(Cl)c2)C1=O. The highest BCUT2D eigenvalue weighted by molar-refractivity contribution is 6.30. The summed E-state index contributed by atoms with van der Waals surface area (Å²) in [5.41, 5.74) is 0.0484. The third kappa shape index (κ3) is 3.28. The molecule has 7 heteroatoms. The van der Waals surface area contributed by atoms with Gasteiger partial charge in [0.15, 0.2) is 0 Å². The quantitative estimate of drug-likeness (QED) is 0.792. The lowest BCUT2D eigenvalue weighted by molar-refractivity contribution is -0.134. The van der Waals surface area contributed by atoms with E-state index in [1.807, 2.05) is 13.0 Å². The molecule has 6 nitrogen and oxygen atoms in total. The molecule has 0 radical (unpaired) electrons. The Kier molecular flexibility index (Phi) is 4.95. The Morgan fingerprint density at radius 1 is 1.15 bits per heavy atom. The fourth-order valence-electron chi connectivity index (χ4n) is 3.04. The van der Waals surface area contributed by atoms with Crippen LogP contribution in [0.3, 0.4) is 0 Å². The van der Waals surface area contributed by atoms with Crippen LogP contribution in [-0.2, 0) is 15.1 Å². The Bertz CT molecular complexity index is 856. The average Bonchev–Trinajstić information content (AvgIpc) is 2.87. The van der Waals surface area contributed by atoms with Gasteiger partial charge in [0.25, 0.3) is 5.91 Å². The molecule has 26 heavy (non-hydrogen) atoms. The van der Waals surface area contributed by atoms with E-state index in [4.69, 9.17) is 11.6 Å². The summed E-state index contributed by atoms with van der Waals surface area (Å²) >= 11 is 5.89. The molecule has 0 bridgehead atoms. The van der Waals surface area contributed by atoms with Crippen LogP contribution in [0.25, 0.3) is 0 Å². The summed E-state index contributed by atoms with van der Waals surface area (Å²) in [7, 11) is 0. The first-order valence-corrected chi connectivity index (χ1v) is 8.59. The minimum absolute atomic E-state index is 0.369. The number of anilines is 1. The molecule has 1 unspecified atom stereocenters. The number of urea groups is 1. The molecule has 1 aliphatic heterocycles. The molecule has 1 atom stereocenters. The van der Waals surface area contributed by atoms with Gasteiger partial charge in [0, 0.05) is 10.7 Å². The van der Waals surface area contributed by atoms with Crippen LogP contribution in [-0.4, -0.2) is 29.3 Å². The van der Waals surface area contributed by atoms with Crippen molar-refractivity contribution in [1.29, 1.82) is 0 Å². The molecule has 1 aliphatic rings. The highest BCUT2D eigenvalue weighted by Crippen LogP contribution is 2.32. The fraction of sp³-hybridized carbons (Fsp3) is 0.211. The minimum Gasteiger partial charge on any atom is -0.324 e. The monoisotopic (exact) mass is 371 g/mol. The average molecular weight is 372 g/mol. The number of imide groups is 1. The highest BCUT2D eigenvalue weighted by Gasteiger charge is 2.51. The van der Waals surface area contributed by atoms with Crippen LogP contribution < -0.4 is 10.6 Å². The number of amides is 4. The molecule has 0 aliphatic carbocycles. The van der Waals surface area contributed by atoms with E-state index in [0.717, 1.165) is 4.90 Å². The van der Waals surface area contributed by atoms with Gasteiger partial charge >= 0.3 is 6.03 Å². The molecule has 1 heterocycles. The van der Waals surface area contributed by atoms with E-state index < -0.39 is 23.4 Å². The van der Waals surface area contributed by atoms with Crippen LogP contribution >= 0.6 is 11.6 Å². The van der Waals surface area contributed by atoms with Gasteiger partial charge in [-0.05, 0) is 30.2 Å². The maximum Gasteiger partial charge on any atom is 0.325 e. The Morgan fingerprint density at radius 2 is 1.88 bits per heavy atom. The zero-order valence-electron chi connectivity index (χ0n) is 14.2. The van der Waals surface area contributed by atoms with Crippen LogP contribution in [0.15, 0.2) is 54.6 Å². The Balaban J connectivity index is 1.77. The van der Waals surface area contributed by atoms with Crippen molar-refractivity contribution in [3.63, 3.8) is 0 Å². The number of hydrogen-bond acceptors (Lipinski definition) is 3. The second-order valence-corrected chi connectivity index (χ2v) is 6.44. The Morgan fingerprint density at radius 3 is 2.54 bits per heavy atom. The molecule has 2 N–H and O–H groups in total. The van der Waals surface area contributed by atoms with Gasteiger partial charge in [0.1, 0.15) is 12.1 Å². The molecule has 0 aromatic heterocycles. The largest absolute Gasteiger partial charge is 0.325 e. The molecule has 0 saturated carbocycles. The number of halogens is 1. The molecule has 134 valence electrons. The van der Waals surface area contributed by atoms with Crippen LogP contribution in [0.1, 0.15) is 18.9 Å². The highest BCUT2D eigenvalue weighted by atomic mass is 35.5. The molecule has 4 amide bonds. The minimum atomic E-state index is -1.14. The molecule has 1 saturated heterocycles. The summed E-state index contributed by atoms with van der Waals surface area (Å²) in [6, 6.07) is 15.1. The molecule has 3 rings (SSSR count). The first-order valence-electron chi connectivity index (χ1n) is 8.21. The number of nitrogens with one attached hydrogen (secondary N) is 2. The Hall–Kier alpha value is -2.86. The second kappa shape index (κ2) is 7.17. The van der Waals surface area contributed by atoms with Gasteiger partial charge in [-0.1, -0.05) is 54.9 Å². The topological polar surface area (TPSA) is 78.5 Å². The number of hydrogen-bond donors (Lipinski definition) is 2. The number of benzene rings is 2. The van der Waals surface area contributed by atoms with Gasteiger partial charge in [0.05, 0.1) is 0 Å². The zero-order chi connectivity index (χ0) is 18.7. The number of carbonyl (C=O) groups is 3. The summed E-state index contributed by atoms with van der Waals surface area (Å²) < 4.78 is 0. The summed E-state index contributed by atoms with van der Waals surface area (Å²) in [6.45, 7) is 1.45. The van der Waals surface area contributed by atoms with Crippen molar-refractivity contribution in [2.45, 2.75) is 18.9 Å². The zero-order valence-corrected chi connectivity index (χ0v) is 14.9. The second-order valence-electron chi connectivity index (χ2n) is 6.00. The first kappa shape index (κ1) is 17.9. The van der Waals surface area contributed by atoms with Crippen molar-refractivity contribution in [2.24, 2.45) is 0 Å². The molecular weight excluding hydrogens is 354 g/mol. The van der Waals surface area contributed by atoms with Gasteiger partial charge in [-0.3, -0.25) is 14.5 Å². The van der Waals surface area contributed by atoms with E-state index in [1.54, 1.807) is 48.5 Å². The van der Waals surface area contributed by atoms with Crippen molar-refractivity contribution in [2.75, 3.05) is 11.9 Å². The lowest BCUT2D eigenvalue weighted by Gasteiger charge is -2.25. The van der Waals surface area contributed by atoms with Crippen molar-refractivity contribution in [3.05, 3.63) is 65.2 Å². The summed E-state index contributed by atoms with van der Waals surface area (Å²) in [5.74, 6) is -0.909. The first-order chi connectivity index (χ1) is 12.5. The van der Waals surface area contributed by atoms with E-state index in [9.17, 15) is 14.4 Å². The third-order valence-corrected chi connectivity index (χ3v) is 4.62. The van der Waals surface area contributed by atoms with Crippen LogP contribution in [0, 0.1) is 0 Å². The van der Waals surface area contributed by atoms with E-state index in [-0.39, 0.29) is 6.54 Å². The summed E-state index contributed by atoms with van der Waals surface area (Å²) in [4.78, 5) is 38.5. The summed E-state index contributed by atoms with van der Waals surface area (Å²) in [6.07, 6.45) is 0.383. The van der Waals surface area contributed by atoms with E-state index >= 15 is 0 Å². The van der Waals surface area contributed by atoms with Gasteiger partial charge < -0.3 is 10.6 Å². The number of carbonyl (C=O) groups excluding carboxylic acids is 3. The fourth-order valence-corrected chi connectivity index (χ4v) is 3.23. The molecule has 0 spiro atoms. The lowest BCUT2D eigenvalue weighted by Crippen LogP contribution is -2.44. The lowest BCUT2D eigenvalue weighted by atomic mass is 9.87. The van der Waals surface area contributed by atoms with Crippen molar-refractivity contribution < 1.29 is 14.4 Å². The third-order valence-electron chi connectivity index (χ3n) is 4.38. The van der Waals surface area contributed by atoms with E-state index in [1.165, 1.54) is 0 Å². The standard InChI is InChI=1S/C19H18ClN3O3/c1-2-19(13-7-4-3-5-8-13)17(25)23(18(26)22-19)12-16(24)21-15-10-6-9-14(20)11-15/h3-11H,2,12H2,1H3,(H,21,24)(H,22,26). The smallest absolute Gasteiger partial charge is 0.324 e. The predicted molar refractivity (Wildman–Crippen MR) is 98.7 cm³/mol. The van der Waals surface area contributed by atoms with E-state index in [2.05, 4.69) is 10.6 Å². The number of nitrogens with zero attached hydrogens (tertiary/aromatic N) is 1.